The molecule has 1 aliphatic rings. The standard InChI is InChI=1S/C10H20N2O2/c1-7(2)12-10(14)3-4-11-8-5-9(13)6-8/h7-9,11,13H,3-6H2,1-2H3,(H,12,14). The molecule has 0 atom stereocenters. The topological polar surface area (TPSA) is 61.4 Å². The highest BCUT2D eigenvalue weighted by molar-refractivity contribution is 5.76. The van der Waals surface area contributed by atoms with Gasteiger partial charge in [-0.05, 0) is 26.7 Å². The van der Waals surface area contributed by atoms with E-state index in [1.165, 1.54) is 0 Å². The van der Waals surface area contributed by atoms with Gasteiger partial charge in [-0.3, -0.25) is 4.79 Å². The third-order valence-corrected chi connectivity index (χ3v) is 2.35. The van der Waals surface area contributed by atoms with E-state index in [1.807, 2.05) is 13.8 Å². The van der Waals surface area contributed by atoms with Crippen LogP contribution in [0.15, 0.2) is 0 Å². The molecule has 1 saturated carbocycles. The van der Waals surface area contributed by atoms with E-state index < -0.39 is 0 Å². The van der Waals surface area contributed by atoms with Gasteiger partial charge in [0.05, 0.1) is 6.10 Å². The zero-order valence-electron chi connectivity index (χ0n) is 8.92. The highest BCUT2D eigenvalue weighted by atomic mass is 16.3. The summed E-state index contributed by atoms with van der Waals surface area (Å²) >= 11 is 0. The predicted molar refractivity (Wildman–Crippen MR) is 54.9 cm³/mol. The van der Waals surface area contributed by atoms with Gasteiger partial charge in [-0.15, -0.1) is 0 Å². The van der Waals surface area contributed by atoms with Crippen molar-refractivity contribution in [3.05, 3.63) is 0 Å². The van der Waals surface area contributed by atoms with E-state index in [0.29, 0.717) is 19.0 Å². The number of hydrogen-bond acceptors (Lipinski definition) is 3. The molecule has 0 aliphatic heterocycles. The Balaban J connectivity index is 1.96. The van der Waals surface area contributed by atoms with Gasteiger partial charge in [-0.1, -0.05) is 0 Å². The predicted octanol–water partition coefficient (Wildman–Crippen LogP) is 0.0140. The second-order valence-corrected chi connectivity index (χ2v) is 4.25. The van der Waals surface area contributed by atoms with Gasteiger partial charge in [0.25, 0.3) is 0 Å². The lowest BCUT2D eigenvalue weighted by atomic mass is 9.89. The van der Waals surface area contributed by atoms with Crippen molar-refractivity contribution in [3.8, 4) is 0 Å². The smallest absolute Gasteiger partial charge is 0.221 e. The highest BCUT2D eigenvalue weighted by Crippen LogP contribution is 2.18. The van der Waals surface area contributed by atoms with Crippen molar-refractivity contribution in [1.29, 1.82) is 0 Å². The Bertz CT molecular complexity index is 189. The molecule has 0 bridgehead atoms. The third-order valence-electron chi connectivity index (χ3n) is 2.35. The lowest BCUT2D eigenvalue weighted by Crippen LogP contribution is -2.45. The van der Waals surface area contributed by atoms with Crippen LogP contribution in [-0.4, -0.2) is 35.7 Å². The van der Waals surface area contributed by atoms with Crippen LogP contribution in [-0.2, 0) is 4.79 Å². The molecule has 1 rings (SSSR count). The van der Waals surface area contributed by atoms with Crippen LogP contribution in [0.1, 0.15) is 33.1 Å². The Kier molecular flexibility index (Phi) is 4.35. The maximum absolute atomic E-state index is 11.2. The first-order valence-corrected chi connectivity index (χ1v) is 5.28. The number of amides is 1. The minimum absolute atomic E-state index is 0.0902. The molecular weight excluding hydrogens is 180 g/mol. The number of nitrogens with one attached hydrogen (secondary N) is 2. The van der Waals surface area contributed by atoms with E-state index in [2.05, 4.69) is 10.6 Å². The summed E-state index contributed by atoms with van der Waals surface area (Å²) in [6.07, 6.45) is 2.04. The summed E-state index contributed by atoms with van der Waals surface area (Å²) in [7, 11) is 0. The van der Waals surface area contributed by atoms with E-state index in [0.717, 1.165) is 12.8 Å². The summed E-state index contributed by atoms with van der Waals surface area (Å²) in [5, 5.41) is 15.1. The molecular formula is C10H20N2O2. The molecule has 0 radical (unpaired) electrons. The maximum atomic E-state index is 11.2. The molecule has 0 saturated heterocycles. The molecule has 82 valence electrons. The fraction of sp³-hybridized carbons (Fsp3) is 0.900. The second kappa shape index (κ2) is 5.32. The summed E-state index contributed by atoms with van der Waals surface area (Å²) in [4.78, 5) is 11.2. The van der Waals surface area contributed by atoms with Crippen molar-refractivity contribution >= 4 is 5.91 Å². The second-order valence-electron chi connectivity index (χ2n) is 4.25. The van der Waals surface area contributed by atoms with E-state index in [-0.39, 0.29) is 18.1 Å². The van der Waals surface area contributed by atoms with Crippen LogP contribution in [0, 0.1) is 0 Å². The minimum atomic E-state index is -0.128. The van der Waals surface area contributed by atoms with Crippen molar-refractivity contribution < 1.29 is 9.90 Å². The number of aliphatic hydroxyl groups is 1. The normalized spacial score (nSPS) is 26.0. The van der Waals surface area contributed by atoms with Crippen molar-refractivity contribution in [3.63, 3.8) is 0 Å². The van der Waals surface area contributed by atoms with Crippen molar-refractivity contribution in [1.82, 2.24) is 10.6 Å². The first-order valence-electron chi connectivity index (χ1n) is 5.28. The Labute approximate surface area is 85.1 Å². The average Bonchev–Trinajstić information content (AvgIpc) is 1.99. The van der Waals surface area contributed by atoms with Crippen LogP contribution >= 0.6 is 0 Å². The fourth-order valence-electron chi connectivity index (χ4n) is 1.54. The van der Waals surface area contributed by atoms with Crippen LogP contribution in [0.5, 0.6) is 0 Å². The lowest BCUT2D eigenvalue weighted by molar-refractivity contribution is -0.121. The van der Waals surface area contributed by atoms with Crippen molar-refractivity contribution in [2.45, 2.75) is 51.3 Å². The summed E-state index contributed by atoms with van der Waals surface area (Å²) in [5.41, 5.74) is 0. The minimum Gasteiger partial charge on any atom is -0.393 e. The molecule has 1 amide bonds. The molecule has 0 heterocycles. The van der Waals surface area contributed by atoms with Crippen molar-refractivity contribution in [2.75, 3.05) is 6.54 Å². The molecule has 14 heavy (non-hydrogen) atoms. The van der Waals surface area contributed by atoms with Gasteiger partial charge in [0, 0.05) is 25.0 Å². The SMILES string of the molecule is CC(C)NC(=O)CCNC1CC(O)C1. The van der Waals surface area contributed by atoms with Crippen LogP contribution in [0.4, 0.5) is 0 Å². The van der Waals surface area contributed by atoms with Gasteiger partial charge in [0.2, 0.25) is 5.91 Å². The molecule has 0 unspecified atom stereocenters. The first kappa shape index (κ1) is 11.5. The number of rotatable bonds is 5. The quantitative estimate of drug-likeness (QED) is 0.586. The molecule has 0 aromatic heterocycles. The largest absolute Gasteiger partial charge is 0.393 e. The van der Waals surface area contributed by atoms with Gasteiger partial charge in [-0.25, -0.2) is 0 Å². The Hall–Kier alpha value is -0.610. The van der Waals surface area contributed by atoms with E-state index >= 15 is 0 Å². The number of aliphatic hydroxyl groups excluding tert-OH is 1. The summed E-state index contributed by atoms with van der Waals surface area (Å²) in [6, 6.07) is 0.630. The molecule has 1 fully saturated rings. The summed E-state index contributed by atoms with van der Waals surface area (Å²) < 4.78 is 0. The molecule has 0 aromatic rings. The first-order chi connectivity index (χ1) is 6.58. The van der Waals surface area contributed by atoms with Gasteiger partial charge in [-0.2, -0.15) is 0 Å². The zero-order chi connectivity index (χ0) is 10.6. The molecule has 1 aliphatic carbocycles. The average molecular weight is 200 g/mol. The summed E-state index contributed by atoms with van der Waals surface area (Å²) in [6.45, 7) is 4.61. The number of carbonyl (C=O) groups is 1. The number of hydrogen-bond donors (Lipinski definition) is 3. The zero-order valence-corrected chi connectivity index (χ0v) is 8.92. The molecule has 4 nitrogen and oxygen atoms in total. The van der Waals surface area contributed by atoms with Crippen LogP contribution in [0.25, 0.3) is 0 Å². The maximum Gasteiger partial charge on any atom is 0.221 e. The lowest BCUT2D eigenvalue weighted by Gasteiger charge is -2.32. The third kappa shape index (κ3) is 4.07. The van der Waals surface area contributed by atoms with Crippen LogP contribution in [0.2, 0.25) is 0 Å². The molecule has 4 heteroatoms. The van der Waals surface area contributed by atoms with E-state index in [1.54, 1.807) is 0 Å². The molecule has 0 spiro atoms. The van der Waals surface area contributed by atoms with E-state index in [9.17, 15) is 4.79 Å². The van der Waals surface area contributed by atoms with Gasteiger partial charge >= 0.3 is 0 Å². The molecule has 0 aromatic carbocycles. The molecule has 3 N–H and O–H groups in total. The van der Waals surface area contributed by atoms with Crippen LogP contribution < -0.4 is 10.6 Å². The Morgan fingerprint density at radius 3 is 2.64 bits per heavy atom. The highest BCUT2D eigenvalue weighted by Gasteiger charge is 2.26. The van der Waals surface area contributed by atoms with Gasteiger partial charge in [0.1, 0.15) is 0 Å². The van der Waals surface area contributed by atoms with Gasteiger partial charge < -0.3 is 15.7 Å². The van der Waals surface area contributed by atoms with Crippen LogP contribution in [0.3, 0.4) is 0 Å². The van der Waals surface area contributed by atoms with Gasteiger partial charge in [0.15, 0.2) is 0 Å². The van der Waals surface area contributed by atoms with E-state index in [4.69, 9.17) is 5.11 Å². The Morgan fingerprint density at radius 1 is 1.50 bits per heavy atom. The van der Waals surface area contributed by atoms with Crippen molar-refractivity contribution in [2.24, 2.45) is 0 Å². The summed E-state index contributed by atoms with van der Waals surface area (Å²) in [5.74, 6) is 0.0902. The number of carbonyl (C=O) groups excluding carboxylic acids is 1. The fourth-order valence-corrected chi connectivity index (χ4v) is 1.54. The Morgan fingerprint density at radius 2 is 2.14 bits per heavy atom. The monoisotopic (exact) mass is 200 g/mol.